The zero-order chi connectivity index (χ0) is 12.7. The molecule has 0 aromatic heterocycles. The molecule has 0 bridgehead atoms. The number of rotatable bonds is 5. The smallest absolute Gasteiger partial charge is 0.339 e. The van der Waals surface area contributed by atoms with Crippen LogP contribution in [0.15, 0.2) is 24.3 Å². The number of anilines is 1. The lowest BCUT2D eigenvalue weighted by molar-refractivity contribution is -0.116. The van der Waals surface area contributed by atoms with Gasteiger partial charge in [0.1, 0.15) is 0 Å². The number of unbranched alkanes of at least 4 members (excludes halogenated alkanes) is 1. The van der Waals surface area contributed by atoms with Crippen molar-refractivity contribution in [1.29, 1.82) is 0 Å². The summed E-state index contributed by atoms with van der Waals surface area (Å²) in [5.41, 5.74) is 0.875. The summed E-state index contributed by atoms with van der Waals surface area (Å²) in [6.45, 7) is 2.02. The predicted octanol–water partition coefficient (Wildman–Crippen LogP) is 2.60. The van der Waals surface area contributed by atoms with E-state index in [0.29, 0.717) is 17.7 Å². The van der Waals surface area contributed by atoms with Crippen molar-refractivity contribution in [3.05, 3.63) is 29.8 Å². The van der Waals surface area contributed by atoms with Crippen molar-refractivity contribution >= 4 is 17.6 Å². The third-order valence-corrected chi connectivity index (χ3v) is 2.36. The van der Waals surface area contributed by atoms with Crippen LogP contribution in [-0.2, 0) is 9.53 Å². The van der Waals surface area contributed by atoms with Gasteiger partial charge in [-0.3, -0.25) is 4.79 Å². The standard InChI is InChI=1S/C13H17NO3/c1-3-4-9-12(15)14-11-8-6-5-7-10(11)13(16)17-2/h5-8H,3-4,9H2,1-2H3,(H,14,15). The Morgan fingerprint density at radius 2 is 2.00 bits per heavy atom. The zero-order valence-corrected chi connectivity index (χ0v) is 10.2. The number of methoxy groups -OCH3 is 1. The minimum Gasteiger partial charge on any atom is -0.465 e. The number of ether oxygens (including phenoxy) is 1. The van der Waals surface area contributed by atoms with E-state index in [4.69, 9.17) is 0 Å². The van der Waals surface area contributed by atoms with E-state index in [1.165, 1.54) is 7.11 Å². The van der Waals surface area contributed by atoms with Gasteiger partial charge in [-0.1, -0.05) is 25.5 Å². The van der Waals surface area contributed by atoms with Gasteiger partial charge in [0.15, 0.2) is 0 Å². The minimum atomic E-state index is -0.448. The average Bonchev–Trinajstić information content (AvgIpc) is 2.36. The maximum Gasteiger partial charge on any atom is 0.339 e. The average molecular weight is 235 g/mol. The molecular weight excluding hydrogens is 218 g/mol. The van der Waals surface area contributed by atoms with Crippen molar-refractivity contribution in [3.63, 3.8) is 0 Å². The van der Waals surface area contributed by atoms with E-state index in [9.17, 15) is 9.59 Å². The van der Waals surface area contributed by atoms with E-state index in [1.54, 1.807) is 24.3 Å². The maximum atomic E-state index is 11.6. The number of hydrogen-bond acceptors (Lipinski definition) is 3. The summed E-state index contributed by atoms with van der Waals surface area (Å²) in [7, 11) is 1.32. The van der Waals surface area contributed by atoms with Gasteiger partial charge in [-0.25, -0.2) is 4.79 Å². The van der Waals surface area contributed by atoms with Gasteiger partial charge >= 0.3 is 5.97 Å². The highest BCUT2D eigenvalue weighted by molar-refractivity contribution is 6.01. The van der Waals surface area contributed by atoms with E-state index in [-0.39, 0.29) is 5.91 Å². The summed E-state index contributed by atoms with van der Waals surface area (Å²) >= 11 is 0. The molecule has 1 amide bonds. The van der Waals surface area contributed by atoms with Gasteiger partial charge in [-0.05, 0) is 18.6 Å². The second-order valence-corrected chi connectivity index (χ2v) is 3.69. The molecule has 0 saturated heterocycles. The number of hydrogen-bond donors (Lipinski definition) is 1. The minimum absolute atomic E-state index is 0.0804. The normalized spacial score (nSPS) is 9.76. The molecule has 4 heteroatoms. The molecule has 92 valence electrons. The van der Waals surface area contributed by atoms with Crippen LogP contribution in [0.25, 0.3) is 0 Å². The Balaban J connectivity index is 2.76. The van der Waals surface area contributed by atoms with E-state index >= 15 is 0 Å². The zero-order valence-electron chi connectivity index (χ0n) is 10.2. The highest BCUT2D eigenvalue weighted by Crippen LogP contribution is 2.16. The second kappa shape index (κ2) is 6.68. The van der Waals surface area contributed by atoms with E-state index in [1.807, 2.05) is 6.92 Å². The quantitative estimate of drug-likeness (QED) is 0.798. The molecule has 0 aliphatic rings. The summed E-state index contributed by atoms with van der Waals surface area (Å²) in [4.78, 5) is 23.0. The number of esters is 1. The molecule has 0 aliphatic carbocycles. The van der Waals surface area contributed by atoms with Gasteiger partial charge in [0.2, 0.25) is 5.91 Å². The van der Waals surface area contributed by atoms with Gasteiger partial charge in [0.05, 0.1) is 18.4 Å². The number of carbonyl (C=O) groups excluding carboxylic acids is 2. The van der Waals surface area contributed by atoms with Crippen molar-refractivity contribution in [2.24, 2.45) is 0 Å². The fourth-order valence-corrected chi connectivity index (χ4v) is 1.43. The van der Waals surface area contributed by atoms with Gasteiger partial charge in [-0.2, -0.15) is 0 Å². The third-order valence-electron chi connectivity index (χ3n) is 2.36. The predicted molar refractivity (Wildman–Crippen MR) is 65.9 cm³/mol. The van der Waals surface area contributed by atoms with Crippen LogP contribution in [0.5, 0.6) is 0 Å². The lowest BCUT2D eigenvalue weighted by atomic mass is 10.1. The molecule has 1 aromatic carbocycles. The third kappa shape index (κ3) is 3.90. The molecule has 0 spiro atoms. The van der Waals surface area contributed by atoms with E-state index < -0.39 is 5.97 Å². The van der Waals surface area contributed by atoms with E-state index in [2.05, 4.69) is 10.1 Å². The SMILES string of the molecule is CCCCC(=O)Nc1ccccc1C(=O)OC. The van der Waals surface area contributed by atoms with Gasteiger partial charge in [0, 0.05) is 6.42 Å². The lowest BCUT2D eigenvalue weighted by Gasteiger charge is -2.09. The van der Waals surface area contributed by atoms with Crippen LogP contribution in [0.1, 0.15) is 36.5 Å². The Morgan fingerprint density at radius 3 is 2.65 bits per heavy atom. The molecule has 0 unspecified atom stereocenters. The first-order valence-electron chi connectivity index (χ1n) is 5.66. The molecule has 1 N–H and O–H groups in total. The fraction of sp³-hybridized carbons (Fsp3) is 0.385. The van der Waals surface area contributed by atoms with Crippen LogP contribution >= 0.6 is 0 Å². The number of amides is 1. The topological polar surface area (TPSA) is 55.4 Å². The van der Waals surface area contributed by atoms with Crippen LogP contribution in [0.3, 0.4) is 0 Å². The molecular formula is C13H17NO3. The van der Waals surface area contributed by atoms with Crippen LogP contribution in [-0.4, -0.2) is 19.0 Å². The van der Waals surface area contributed by atoms with Gasteiger partial charge < -0.3 is 10.1 Å². The van der Waals surface area contributed by atoms with E-state index in [0.717, 1.165) is 12.8 Å². The van der Waals surface area contributed by atoms with Crippen LogP contribution < -0.4 is 5.32 Å². The first kappa shape index (κ1) is 13.2. The lowest BCUT2D eigenvalue weighted by Crippen LogP contribution is -2.14. The molecule has 1 aromatic rings. The van der Waals surface area contributed by atoms with Crippen molar-refractivity contribution < 1.29 is 14.3 Å². The summed E-state index contributed by atoms with van der Waals surface area (Å²) in [5, 5.41) is 2.72. The largest absolute Gasteiger partial charge is 0.465 e. The molecule has 0 aliphatic heterocycles. The van der Waals surface area contributed by atoms with Crippen molar-refractivity contribution in [2.45, 2.75) is 26.2 Å². The summed E-state index contributed by atoms with van der Waals surface area (Å²) in [6.07, 6.45) is 2.27. The Labute approximate surface area is 101 Å². The molecule has 17 heavy (non-hydrogen) atoms. The van der Waals surface area contributed by atoms with Crippen molar-refractivity contribution in [3.8, 4) is 0 Å². The molecule has 1 rings (SSSR count). The molecule has 0 radical (unpaired) electrons. The molecule has 4 nitrogen and oxygen atoms in total. The van der Waals surface area contributed by atoms with Crippen LogP contribution in [0.2, 0.25) is 0 Å². The summed E-state index contributed by atoms with van der Waals surface area (Å²) in [6, 6.07) is 6.81. The second-order valence-electron chi connectivity index (χ2n) is 3.69. The molecule has 0 atom stereocenters. The summed E-state index contributed by atoms with van der Waals surface area (Å²) < 4.78 is 4.65. The summed E-state index contributed by atoms with van der Waals surface area (Å²) in [5.74, 6) is -0.528. The van der Waals surface area contributed by atoms with Crippen LogP contribution in [0, 0.1) is 0 Å². The fourth-order valence-electron chi connectivity index (χ4n) is 1.43. The molecule has 0 fully saturated rings. The van der Waals surface area contributed by atoms with Crippen molar-refractivity contribution in [1.82, 2.24) is 0 Å². The first-order valence-corrected chi connectivity index (χ1v) is 5.66. The van der Waals surface area contributed by atoms with Crippen molar-refractivity contribution in [2.75, 3.05) is 12.4 Å². The van der Waals surface area contributed by atoms with Gasteiger partial charge in [0.25, 0.3) is 0 Å². The highest BCUT2D eigenvalue weighted by Gasteiger charge is 2.12. The molecule has 0 saturated carbocycles. The maximum absolute atomic E-state index is 11.6. The highest BCUT2D eigenvalue weighted by atomic mass is 16.5. The monoisotopic (exact) mass is 235 g/mol. The first-order chi connectivity index (χ1) is 8.19. The Kier molecular flexibility index (Phi) is 5.20. The Hall–Kier alpha value is -1.84. The van der Waals surface area contributed by atoms with Gasteiger partial charge in [-0.15, -0.1) is 0 Å². The Bertz CT molecular complexity index is 401. The number of para-hydroxylation sites is 1. The number of carbonyl (C=O) groups is 2. The Morgan fingerprint density at radius 1 is 1.29 bits per heavy atom. The van der Waals surface area contributed by atoms with Crippen LogP contribution in [0.4, 0.5) is 5.69 Å². The number of nitrogens with one attached hydrogen (secondary N) is 1. The number of benzene rings is 1. The molecule has 0 heterocycles.